The normalized spacial score (nSPS) is 10.7. The summed E-state index contributed by atoms with van der Waals surface area (Å²) >= 11 is 0. The highest BCUT2D eigenvalue weighted by Gasteiger charge is 2.17. The Labute approximate surface area is 92.5 Å². The van der Waals surface area contributed by atoms with Gasteiger partial charge in [0, 0.05) is 11.5 Å². The van der Waals surface area contributed by atoms with Gasteiger partial charge in [0.25, 0.3) is 0 Å². The van der Waals surface area contributed by atoms with E-state index in [-0.39, 0.29) is 5.92 Å². The van der Waals surface area contributed by atoms with Gasteiger partial charge in [0.15, 0.2) is 5.78 Å². The van der Waals surface area contributed by atoms with Gasteiger partial charge in [-0.1, -0.05) is 31.5 Å². The van der Waals surface area contributed by atoms with E-state index in [2.05, 4.69) is 19.9 Å². The molecule has 0 aliphatic rings. The number of Topliss-reactive ketones (excluding diaryl/α,β-unsaturated/α-hetero) is 1. The minimum absolute atomic E-state index is 0.186. The first kappa shape index (κ1) is 12.0. The van der Waals surface area contributed by atoms with Crippen LogP contribution in [0.4, 0.5) is 0 Å². The smallest absolute Gasteiger partial charge is 0.166 e. The Morgan fingerprint density at radius 1 is 1.20 bits per heavy atom. The molecular weight excluding hydrogens is 184 g/mol. The molecule has 0 bridgehead atoms. The topological polar surface area (TPSA) is 17.1 Å². The molecule has 0 amide bonds. The predicted molar refractivity (Wildman–Crippen MR) is 64.3 cm³/mol. The van der Waals surface area contributed by atoms with Crippen molar-refractivity contribution in [2.75, 3.05) is 0 Å². The molecule has 0 unspecified atom stereocenters. The van der Waals surface area contributed by atoms with Crippen molar-refractivity contribution in [3.8, 4) is 0 Å². The largest absolute Gasteiger partial charge is 0.294 e. The second kappa shape index (κ2) is 5.11. The Morgan fingerprint density at radius 2 is 1.80 bits per heavy atom. The van der Waals surface area contributed by atoms with E-state index in [1.807, 2.05) is 26.0 Å². The SMILES string of the molecule is CCC(CC)C(=O)c1cc(C)ccc1C. The zero-order valence-corrected chi connectivity index (χ0v) is 10.1. The molecule has 1 heteroatoms. The number of ketones is 1. The van der Waals surface area contributed by atoms with Crippen LogP contribution in [0.5, 0.6) is 0 Å². The van der Waals surface area contributed by atoms with Crippen LogP contribution in [0.1, 0.15) is 48.2 Å². The number of hydrogen-bond donors (Lipinski definition) is 0. The lowest BCUT2D eigenvalue weighted by Gasteiger charge is -2.13. The Bertz CT molecular complexity index is 348. The maximum absolute atomic E-state index is 12.2. The zero-order chi connectivity index (χ0) is 11.4. The number of hydrogen-bond acceptors (Lipinski definition) is 1. The van der Waals surface area contributed by atoms with E-state index in [0.717, 1.165) is 29.5 Å². The highest BCUT2D eigenvalue weighted by Crippen LogP contribution is 2.19. The highest BCUT2D eigenvalue weighted by atomic mass is 16.1. The third-order valence-electron chi connectivity index (χ3n) is 3.01. The summed E-state index contributed by atoms with van der Waals surface area (Å²) in [7, 11) is 0. The average molecular weight is 204 g/mol. The van der Waals surface area contributed by atoms with Gasteiger partial charge in [-0.3, -0.25) is 4.79 Å². The van der Waals surface area contributed by atoms with Crippen molar-refractivity contribution in [1.82, 2.24) is 0 Å². The summed E-state index contributed by atoms with van der Waals surface area (Å²) in [5.41, 5.74) is 3.16. The minimum atomic E-state index is 0.186. The van der Waals surface area contributed by atoms with Crippen LogP contribution in [-0.2, 0) is 0 Å². The maximum atomic E-state index is 12.2. The molecule has 1 rings (SSSR count). The molecule has 82 valence electrons. The molecule has 0 heterocycles. The van der Waals surface area contributed by atoms with E-state index < -0.39 is 0 Å². The molecule has 0 fully saturated rings. The van der Waals surface area contributed by atoms with Crippen LogP contribution in [0, 0.1) is 19.8 Å². The molecule has 0 atom stereocenters. The Kier molecular flexibility index (Phi) is 4.07. The van der Waals surface area contributed by atoms with Crippen LogP contribution in [0.25, 0.3) is 0 Å². The van der Waals surface area contributed by atoms with E-state index in [4.69, 9.17) is 0 Å². The first-order chi connectivity index (χ1) is 7.10. The van der Waals surface area contributed by atoms with Crippen LogP contribution < -0.4 is 0 Å². The van der Waals surface area contributed by atoms with Crippen LogP contribution in [0.2, 0.25) is 0 Å². The predicted octanol–water partition coefficient (Wildman–Crippen LogP) is 3.92. The van der Waals surface area contributed by atoms with Gasteiger partial charge in [-0.15, -0.1) is 0 Å². The van der Waals surface area contributed by atoms with E-state index in [9.17, 15) is 4.79 Å². The third-order valence-corrected chi connectivity index (χ3v) is 3.01. The Balaban J connectivity index is 3.04. The van der Waals surface area contributed by atoms with Gasteiger partial charge in [-0.2, -0.15) is 0 Å². The molecule has 0 saturated carbocycles. The van der Waals surface area contributed by atoms with Crippen LogP contribution in [0.15, 0.2) is 18.2 Å². The number of carbonyl (C=O) groups is 1. The lowest BCUT2D eigenvalue weighted by atomic mass is 9.90. The van der Waals surface area contributed by atoms with Crippen molar-refractivity contribution in [2.24, 2.45) is 5.92 Å². The van der Waals surface area contributed by atoms with Gasteiger partial charge in [-0.25, -0.2) is 0 Å². The van der Waals surface area contributed by atoms with Crippen molar-refractivity contribution >= 4 is 5.78 Å². The van der Waals surface area contributed by atoms with E-state index in [0.29, 0.717) is 5.78 Å². The molecule has 1 nitrogen and oxygen atoms in total. The summed E-state index contributed by atoms with van der Waals surface area (Å²) in [5, 5.41) is 0. The standard InChI is InChI=1S/C14H20O/c1-5-12(6-2)14(15)13-9-10(3)7-8-11(13)4/h7-9,12H,5-6H2,1-4H3. The lowest BCUT2D eigenvalue weighted by molar-refractivity contribution is 0.0912. The molecule has 0 spiro atoms. The molecule has 0 aliphatic carbocycles. The van der Waals surface area contributed by atoms with Crippen molar-refractivity contribution in [3.63, 3.8) is 0 Å². The number of benzene rings is 1. The summed E-state index contributed by atoms with van der Waals surface area (Å²) in [5.74, 6) is 0.492. The van der Waals surface area contributed by atoms with Crippen molar-refractivity contribution in [3.05, 3.63) is 34.9 Å². The zero-order valence-electron chi connectivity index (χ0n) is 10.1. The summed E-state index contributed by atoms with van der Waals surface area (Å²) in [6, 6.07) is 6.10. The fraction of sp³-hybridized carbons (Fsp3) is 0.500. The van der Waals surface area contributed by atoms with Gasteiger partial charge >= 0.3 is 0 Å². The first-order valence-electron chi connectivity index (χ1n) is 5.71. The summed E-state index contributed by atoms with van der Waals surface area (Å²) < 4.78 is 0. The average Bonchev–Trinajstić information content (AvgIpc) is 2.23. The van der Waals surface area contributed by atoms with Gasteiger partial charge in [-0.05, 0) is 38.3 Å². The minimum Gasteiger partial charge on any atom is -0.294 e. The first-order valence-corrected chi connectivity index (χ1v) is 5.71. The van der Waals surface area contributed by atoms with E-state index in [1.54, 1.807) is 0 Å². The van der Waals surface area contributed by atoms with Crippen molar-refractivity contribution < 1.29 is 4.79 Å². The summed E-state index contributed by atoms with van der Waals surface area (Å²) in [6.45, 7) is 8.20. The fourth-order valence-electron chi connectivity index (χ4n) is 1.88. The van der Waals surface area contributed by atoms with Gasteiger partial charge in [0.2, 0.25) is 0 Å². The molecule has 1 aromatic carbocycles. The quantitative estimate of drug-likeness (QED) is 0.679. The number of carbonyl (C=O) groups excluding carboxylic acids is 1. The lowest BCUT2D eigenvalue weighted by Crippen LogP contribution is -2.14. The second-order valence-corrected chi connectivity index (χ2v) is 4.20. The van der Waals surface area contributed by atoms with Crippen LogP contribution >= 0.6 is 0 Å². The molecule has 0 saturated heterocycles. The van der Waals surface area contributed by atoms with Gasteiger partial charge in [0.05, 0.1) is 0 Å². The van der Waals surface area contributed by atoms with Gasteiger partial charge in [0.1, 0.15) is 0 Å². The van der Waals surface area contributed by atoms with Crippen molar-refractivity contribution in [1.29, 1.82) is 0 Å². The number of rotatable bonds is 4. The summed E-state index contributed by atoms with van der Waals surface area (Å²) in [4.78, 5) is 12.2. The van der Waals surface area contributed by atoms with E-state index >= 15 is 0 Å². The summed E-state index contributed by atoms with van der Waals surface area (Å²) in [6.07, 6.45) is 1.87. The molecular formula is C14H20O. The Hall–Kier alpha value is -1.11. The molecule has 0 N–H and O–H groups in total. The second-order valence-electron chi connectivity index (χ2n) is 4.20. The number of aryl methyl sites for hydroxylation is 2. The highest BCUT2D eigenvalue weighted by molar-refractivity contribution is 5.99. The Morgan fingerprint density at radius 3 is 2.33 bits per heavy atom. The molecule has 0 aromatic heterocycles. The van der Waals surface area contributed by atoms with Crippen LogP contribution in [0.3, 0.4) is 0 Å². The monoisotopic (exact) mass is 204 g/mol. The van der Waals surface area contributed by atoms with Crippen LogP contribution in [-0.4, -0.2) is 5.78 Å². The molecule has 15 heavy (non-hydrogen) atoms. The maximum Gasteiger partial charge on any atom is 0.166 e. The van der Waals surface area contributed by atoms with E-state index in [1.165, 1.54) is 0 Å². The van der Waals surface area contributed by atoms with Gasteiger partial charge < -0.3 is 0 Å². The third kappa shape index (κ3) is 2.68. The molecule has 1 aromatic rings. The fourth-order valence-corrected chi connectivity index (χ4v) is 1.88. The molecule has 0 aliphatic heterocycles. The molecule has 0 radical (unpaired) electrons. The van der Waals surface area contributed by atoms with Crippen molar-refractivity contribution in [2.45, 2.75) is 40.5 Å².